The van der Waals surface area contributed by atoms with E-state index in [9.17, 15) is 13.2 Å². The molecule has 2 N–H and O–H groups in total. The fraction of sp³-hybridized carbons (Fsp3) is 0.316. The molecule has 0 spiro atoms. The summed E-state index contributed by atoms with van der Waals surface area (Å²) in [5.74, 6) is -0.242. The van der Waals surface area contributed by atoms with Crippen molar-refractivity contribution in [1.82, 2.24) is 4.31 Å². The lowest BCUT2D eigenvalue weighted by Crippen LogP contribution is -2.28. The average Bonchev–Trinajstić information content (AvgIpc) is 2.61. The highest BCUT2D eigenvalue weighted by atomic mass is 32.2. The van der Waals surface area contributed by atoms with Crippen molar-refractivity contribution in [2.24, 2.45) is 0 Å². The molecular formula is C19H25N3O3S. The monoisotopic (exact) mass is 375 g/mol. The van der Waals surface area contributed by atoms with Gasteiger partial charge in [-0.1, -0.05) is 25.5 Å². The van der Waals surface area contributed by atoms with Crippen LogP contribution in [-0.4, -0.2) is 32.7 Å². The van der Waals surface area contributed by atoms with Crippen LogP contribution in [0.4, 0.5) is 11.4 Å². The Labute approximate surface area is 155 Å². The predicted octanol–water partition coefficient (Wildman–Crippen LogP) is 3.50. The van der Waals surface area contributed by atoms with Crippen molar-refractivity contribution < 1.29 is 13.2 Å². The van der Waals surface area contributed by atoms with E-state index in [-0.39, 0.29) is 5.91 Å². The summed E-state index contributed by atoms with van der Waals surface area (Å²) in [4.78, 5) is 12.3. The van der Waals surface area contributed by atoms with Crippen LogP contribution in [0.3, 0.4) is 0 Å². The van der Waals surface area contributed by atoms with Crippen LogP contribution in [0.15, 0.2) is 48.5 Å². The zero-order chi connectivity index (χ0) is 19.2. The van der Waals surface area contributed by atoms with Gasteiger partial charge in [0.05, 0.1) is 0 Å². The number of nitrogens with one attached hydrogen (secondary N) is 2. The van der Waals surface area contributed by atoms with Gasteiger partial charge < -0.3 is 5.32 Å². The Hall–Kier alpha value is -2.38. The third-order valence-electron chi connectivity index (χ3n) is 3.91. The number of benzene rings is 2. The van der Waals surface area contributed by atoms with Gasteiger partial charge in [0.1, 0.15) is 0 Å². The van der Waals surface area contributed by atoms with Crippen LogP contribution in [-0.2, 0) is 16.6 Å². The Balaban J connectivity index is 1.99. The molecular weight excluding hydrogens is 350 g/mol. The molecule has 2 aromatic rings. The van der Waals surface area contributed by atoms with Gasteiger partial charge in [0.25, 0.3) is 5.91 Å². The lowest BCUT2D eigenvalue weighted by atomic mass is 10.1. The maximum absolute atomic E-state index is 12.3. The number of hydrogen-bond donors (Lipinski definition) is 2. The van der Waals surface area contributed by atoms with Crippen molar-refractivity contribution in [1.29, 1.82) is 0 Å². The molecule has 0 heterocycles. The number of anilines is 2. The number of amides is 1. The van der Waals surface area contributed by atoms with Crippen molar-refractivity contribution in [2.75, 3.05) is 24.1 Å². The van der Waals surface area contributed by atoms with E-state index >= 15 is 0 Å². The Morgan fingerprint density at radius 3 is 2.08 bits per heavy atom. The first-order valence-electron chi connectivity index (χ1n) is 8.52. The van der Waals surface area contributed by atoms with Gasteiger partial charge in [-0.3, -0.25) is 9.52 Å². The molecule has 0 saturated carbocycles. The summed E-state index contributed by atoms with van der Waals surface area (Å²) < 4.78 is 27.1. The Morgan fingerprint density at radius 1 is 0.962 bits per heavy atom. The summed E-state index contributed by atoms with van der Waals surface area (Å²) in [6, 6.07) is 14.1. The Kier molecular flexibility index (Phi) is 6.76. The number of nitrogens with zero attached hydrogens (tertiary/aromatic N) is 1. The largest absolute Gasteiger partial charge is 0.322 e. The smallest absolute Gasteiger partial charge is 0.301 e. The molecule has 6 nitrogen and oxygen atoms in total. The number of rotatable bonds is 8. The van der Waals surface area contributed by atoms with Crippen LogP contribution in [0.1, 0.15) is 35.7 Å². The zero-order valence-electron chi connectivity index (χ0n) is 15.3. The fourth-order valence-corrected chi connectivity index (χ4v) is 2.89. The molecule has 0 radical (unpaired) electrons. The predicted molar refractivity (Wildman–Crippen MR) is 106 cm³/mol. The van der Waals surface area contributed by atoms with E-state index in [1.54, 1.807) is 24.3 Å². The van der Waals surface area contributed by atoms with Crippen LogP contribution in [0.2, 0.25) is 0 Å². The number of unbranched alkanes of at least 4 members (excludes halogenated alkanes) is 1. The molecule has 0 saturated heterocycles. The highest BCUT2D eigenvalue weighted by Crippen LogP contribution is 2.15. The molecule has 26 heavy (non-hydrogen) atoms. The summed E-state index contributed by atoms with van der Waals surface area (Å²) in [6.45, 7) is 2.16. The number of carbonyl (C=O) groups is 1. The molecule has 0 aliphatic rings. The van der Waals surface area contributed by atoms with Crippen LogP contribution in [0.5, 0.6) is 0 Å². The molecule has 2 aromatic carbocycles. The first-order valence-corrected chi connectivity index (χ1v) is 9.96. The minimum absolute atomic E-state index is 0.242. The maximum Gasteiger partial charge on any atom is 0.301 e. The SMILES string of the molecule is CCCCc1ccc(NC(=O)c2ccc(NS(=O)(=O)N(C)C)cc2)cc1. The van der Waals surface area contributed by atoms with Crippen molar-refractivity contribution in [3.63, 3.8) is 0 Å². The summed E-state index contributed by atoms with van der Waals surface area (Å²) >= 11 is 0. The van der Waals surface area contributed by atoms with E-state index in [1.807, 2.05) is 24.3 Å². The van der Waals surface area contributed by atoms with Gasteiger partial charge in [0.15, 0.2) is 0 Å². The minimum Gasteiger partial charge on any atom is -0.322 e. The van der Waals surface area contributed by atoms with Gasteiger partial charge in [0.2, 0.25) is 0 Å². The molecule has 7 heteroatoms. The second kappa shape index (κ2) is 8.82. The van der Waals surface area contributed by atoms with E-state index in [1.165, 1.54) is 19.7 Å². The summed E-state index contributed by atoms with van der Waals surface area (Å²) in [5.41, 5.74) is 2.83. The molecule has 0 aliphatic heterocycles. The van der Waals surface area contributed by atoms with Crippen molar-refractivity contribution in [2.45, 2.75) is 26.2 Å². The fourth-order valence-electron chi connectivity index (χ4n) is 2.27. The molecule has 0 bridgehead atoms. The van der Waals surface area contributed by atoms with E-state index < -0.39 is 10.2 Å². The second-order valence-electron chi connectivity index (χ2n) is 6.22. The van der Waals surface area contributed by atoms with Crippen molar-refractivity contribution >= 4 is 27.5 Å². The third kappa shape index (κ3) is 5.57. The van der Waals surface area contributed by atoms with E-state index in [2.05, 4.69) is 17.0 Å². The first-order chi connectivity index (χ1) is 12.3. The summed E-state index contributed by atoms with van der Waals surface area (Å²) in [6.07, 6.45) is 3.34. The lowest BCUT2D eigenvalue weighted by molar-refractivity contribution is 0.102. The van der Waals surface area contributed by atoms with E-state index in [0.717, 1.165) is 29.3 Å². The highest BCUT2D eigenvalue weighted by molar-refractivity contribution is 7.90. The minimum atomic E-state index is -3.56. The van der Waals surface area contributed by atoms with Gasteiger partial charge in [-0.25, -0.2) is 0 Å². The standard InChI is InChI=1S/C19H25N3O3S/c1-4-5-6-15-7-11-17(12-8-15)20-19(23)16-9-13-18(14-10-16)21-26(24,25)22(2)3/h7-14,21H,4-6H2,1-3H3,(H,20,23). The Bertz CT molecular complexity index is 829. The molecule has 0 atom stereocenters. The van der Waals surface area contributed by atoms with Crippen molar-refractivity contribution in [3.05, 3.63) is 59.7 Å². The second-order valence-corrected chi connectivity index (χ2v) is 8.11. The number of aryl methyl sites for hydroxylation is 1. The first kappa shape index (κ1) is 19.9. The number of hydrogen-bond acceptors (Lipinski definition) is 3. The van der Waals surface area contributed by atoms with Crippen LogP contribution in [0.25, 0.3) is 0 Å². The number of carbonyl (C=O) groups excluding carboxylic acids is 1. The molecule has 140 valence electrons. The molecule has 2 rings (SSSR count). The van der Waals surface area contributed by atoms with Gasteiger partial charge in [-0.2, -0.15) is 12.7 Å². The van der Waals surface area contributed by atoms with Gasteiger partial charge >= 0.3 is 10.2 Å². The molecule has 0 unspecified atom stereocenters. The van der Waals surface area contributed by atoms with Crippen molar-refractivity contribution in [3.8, 4) is 0 Å². The molecule has 0 fully saturated rings. The average molecular weight is 375 g/mol. The molecule has 0 aliphatic carbocycles. The molecule has 0 aromatic heterocycles. The van der Waals surface area contributed by atoms with E-state index in [0.29, 0.717) is 11.3 Å². The zero-order valence-corrected chi connectivity index (χ0v) is 16.1. The van der Waals surface area contributed by atoms with E-state index in [4.69, 9.17) is 0 Å². The van der Waals surface area contributed by atoms with Crippen LogP contribution < -0.4 is 10.0 Å². The summed E-state index contributed by atoms with van der Waals surface area (Å²) in [5, 5.41) is 2.84. The van der Waals surface area contributed by atoms with Gasteiger partial charge in [0, 0.05) is 31.0 Å². The molecule has 1 amide bonds. The third-order valence-corrected chi connectivity index (χ3v) is 5.36. The Morgan fingerprint density at radius 2 is 1.54 bits per heavy atom. The summed E-state index contributed by atoms with van der Waals surface area (Å²) in [7, 11) is -0.677. The van der Waals surface area contributed by atoms with Gasteiger partial charge in [-0.15, -0.1) is 0 Å². The normalized spacial score (nSPS) is 11.4. The lowest BCUT2D eigenvalue weighted by Gasteiger charge is -2.13. The topological polar surface area (TPSA) is 78.5 Å². The van der Waals surface area contributed by atoms with Gasteiger partial charge in [-0.05, 0) is 54.8 Å². The maximum atomic E-state index is 12.3. The van der Waals surface area contributed by atoms with Crippen LogP contribution >= 0.6 is 0 Å². The van der Waals surface area contributed by atoms with Crippen LogP contribution in [0, 0.1) is 0 Å². The highest BCUT2D eigenvalue weighted by Gasteiger charge is 2.13. The quantitative estimate of drug-likeness (QED) is 0.741.